The van der Waals surface area contributed by atoms with Crippen LogP contribution in [0.3, 0.4) is 0 Å². The van der Waals surface area contributed by atoms with Gasteiger partial charge in [-0.05, 0) is 37.5 Å². The molecule has 18 heavy (non-hydrogen) atoms. The first-order chi connectivity index (χ1) is 8.67. The lowest BCUT2D eigenvalue weighted by molar-refractivity contribution is 0.519. The second-order valence-corrected chi connectivity index (χ2v) is 4.83. The highest BCUT2D eigenvalue weighted by molar-refractivity contribution is 5.78. The van der Waals surface area contributed by atoms with Gasteiger partial charge < -0.3 is 4.42 Å². The minimum Gasteiger partial charge on any atom is -0.461 e. The second kappa shape index (κ2) is 5.38. The number of aryl methyl sites for hydroxylation is 2. The highest BCUT2D eigenvalue weighted by Crippen LogP contribution is 2.19. The van der Waals surface area contributed by atoms with E-state index in [0.29, 0.717) is 5.39 Å². The van der Waals surface area contributed by atoms with Gasteiger partial charge in [0.1, 0.15) is 11.3 Å². The standard InChI is InChI=1S/C16H20O2/c1-4-6-12-14(7-5-2)18-15-10-11(3)8-9-13(15)16(12)17/h8-10H,4-7H2,1-3H3. The second-order valence-electron chi connectivity index (χ2n) is 4.83. The lowest BCUT2D eigenvalue weighted by Gasteiger charge is -2.08. The summed E-state index contributed by atoms with van der Waals surface area (Å²) in [6.45, 7) is 6.21. The number of fused-ring (bicyclic) bond motifs is 1. The van der Waals surface area contributed by atoms with E-state index in [2.05, 4.69) is 13.8 Å². The van der Waals surface area contributed by atoms with Crippen LogP contribution < -0.4 is 5.43 Å². The minimum absolute atomic E-state index is 0.154. The largest absolute Gasteiger partial charge is 0.461 e. The van der Waals surface area contributed by atoms with E-state index < -0.39 is 0 Å². The Morgan fingerprint density at radius 3 is 2.50 bits per heavy atom. The van der Waals surface area contributed by atoms with E-state index in [-0.39, 0.29) is 5.43 Å². The van der Waals surface area contributed by atoms with E-state index >= 15 is 0 Å². The van der Waals surface area contributed by atoms with Crippen LogP contribution in [0.25, 0.3) is 11.0 Å². The van der Waals surface area contributed by atoms with Crippen LogP contribution in [0, 0.1) is 6.92 Å². The third kappa shape index (κ3) is 2.33. The van der Waals surface area contributed by atoms with Crippen molar-refractivity contribution < 1.29 is 4.42 Å². The van der Waals surface area contributed by atoms with E-state index in [1.165, 1.54) is 0 Å². The molecule has 0 saturated carbocycles. The molecule has 1 aromatic heterocycles. The maximum atomic E-state index is 12.5. The third-order valence-corrected chi connectivity index (χ3v) is 3.20. The van der Waals surface area contributed by atoms with Gasteiger partial charge in [0.2, 0.25) is 0 Å². The van der Waals surface area contributed by atoms with Crippen LogP contribution in [0.4, 0.5) is 0 Å². The molecule has 0 aliphatic rings. The predicted molar refractivity (Wildman–Crippen MR) is 75.2 cm³/mol. The first kappa shape index (κ1) is 12.9. The normalized spacial score (nSPS) is 11.1. The molecule has 0 fully saturated rings. The van der Waals surface area contributed by atoms with Gasteiger partial charge in [0.25, 0.3) is 0 Å². The van der Waals surface area contributed by atoms with Crippen LogP contribution in [0.1, 0.15) is 43.6 Å². The van der Waals surface area contributed by atoms with Crippen molar-refractivity contribution in [3.63, 3.8) is 0 Å². The van der Waals surface area contributed by atoms with Crippen LogP contribution in [0.15, 0.2) is 27.4 Å². The minimum atomic E-state index is 0.154. The highest BCUT2D eigenvalue weighted by atomic mass is 16.3. The number of rotatable bonds is 4. The SMILES string of the molecule is CCCc1oc2cc(C)ccc2c(=O)c1CCC. The molecule has 1 aromatic carbocycles. The van der Waals surface area contributed by atoms with Crippen LogP contribution in [-0.2, 0) is 12.8 Å². The van der Waals surface area contributed by atoms with Crippen LogP contribution in [-0.4, -0.2) is 0 Å². The summed E-state index contributed by atoms with van der Waals surface area (Å²) in [7, 11) is 0. The summed E-state index contributed by atoms with van der Waals surface area (Å²) in [5.74, 6) is 0.877. The van der Waals surface area contributed by atoms with Crippen LogP contribution in [0.5, 0.6) is 0 Å². The fourth-order valence-electron chi connectivity index (χ4n) is 2.32. The van der Waals surface area contributed by atoms with Crippen LogP contribution >= 0.6 is 0 Å². The van der Waals surface area contributed by atoms with Crippen molar-refractivity contribution in [2.45, 2.75) is 46.5 Å². The quantitative estimate of drug-likeness (QED) is 0.813. The van der Waals surface area contributed by atoms with Gasteiger partial charge in [-0.25, -0.2) is 0 Å². The molecule has 2 heteroatoms. The van der Waals surface area contributed by atoms with Crippen molar-refractivity contribution in [3.8, 4) is 0 Å². The lowest BCUT2D eigenvalue weighted by Crippen LogP contribution is -2.13. The smallest absolute Gasteiger partial charge is 0.196 e. The molecule has 0 N–H and O–H groups in total. The molecule has 2 rings (SSSR count). The molecule has 0 amide bonds. The molecule has 0 atom stereocenters. The monoisotopic (exact) mass is 244 g/mol. The first-order valence-corrected chi connectivity index (χ1v) is 6.72. The Labute approximate surface area is 108 Å². The molecule has 2 nitrogen and oxygen atoms in total. The Morgan fingerprint density at radius 1 is 1.11 bits per heavy atom. The number of hydrogen-bond acceptors (Lipinski definition) is 2. The van der Waals surface area contributed by atoms with Gasteiger partial charge in [0.05, 0.1) is 5.39 Å². The predicted octanol–water partition coefficient (Wildman–Crippen LogP) is 4.01. The summed E-state index contributed by atoms with van der Waals surface area (Å²) >= 11 is 0. The Bertz CT molecular complexity index is 608. The molecule has 0 aliphatic heterocycles. The summed E-state index contributed by atoms with van der Waals surface area (Å²) in [4.78, 5) is 12.5. The molecule has 0 unspecified atom stereocenters. The Hall–Kier alpha value is -1.57. The van der Waals surface area contributed by atoms with Crippen LogP contribution in [0.2, 0.25) is 0 Å². The van der Waals surface area contributed by atoms with Crippen molar-refractivity contribution in [1.29, 1.82) is 0 Å². The Morgan fingerprint density at radius 2 is 1.83 bits per heavy atom. The lowest BCUT2D eigenvalue weighted by atomic mass is 10.0. The summed E-state index contributed by atoms with van der Waals surface area (Å²) in [6, 6.07) is 5.80. The summed E-state index contributed by atoms with van der Waals surface area (Å²) < 4.78 is 5.95. The molecule has 0 saturated heterocycles. The highest BCUT2D eigenvalue weighted by Gasteiger charge is 2.12. The molecular weight excluding hydrogens is 224 g/mol. The fraction of sp³-hybridized carbons (Fsp3) is 0.438. The molecule has 0 aliphatic carbocycles. The number of hydrogen-bond donors (Lipinski definition) is 0. The fourth-order valence-corrected chi connectivity index (χ4v) is 2.32. The van der Waals surface area contributed by atoms with Crippen molar-refractivity contribution >= 4 is 11.0 Å². The van der Waals surface area contributed by atoms with Gasteiger partial charge in [-0.1, -0.05) is 26.3 Å². The zero-order valence-electron chi connectivity index (χ0n) is 11.4. The van der Waals surface area contributed by atoms with Crippen molar-refractivity contribution in [1.82, 2.24) is 0 Å². The van der Waals surface area contributed by atoms with E-state index in [0.717, 1.165) is 48.2 Å². The topological polar surface area (TPSA) is 30.2 Å². The number of benzene rings is 1. The van der Waals surface area contributed by atoms with Gasteiger partial charge in [-0.15, -0.1) is 0 Å². The zero-order chi connectivity index (χ0) is 13.1. The van der Waals surface area contributed by atoms with E-state index in [4.69, 9.17) is 4.42 Å². The van der Waals surface area contributed by atoms with Gasteiger partial charge in [-0.2, -0.15) is 0 Å². The molecule has 96 valence electrons. The van der Waals surface area contributed by atoms with Crippen molar-refractivity contribution in [2.75, 3.05) is 0 Å². The van der Waals surface area contributed by atoms with Crippen molar-refractivity contribution in [2.24, 2.45) is 0 Å². The van der Waals surface area contributed by atoms with Gasteiger partial charge >= 0.3 is 0 Å². The van der Waals surface area contributed by atoms with Gasteiger partial charge in [0.15, 0.2) is 5.43 Å². The first-order valence-electron chi connectivity index (χ1n) is 6.72. The molecule has 1 heterocycles. The van der Waals surface area contributed by atoms with E-state index in [1.807, 2.05) is 25.1 Å². The zero-order valence-corrected chi connectivity index (χ0v) is 11.4. The van der Waals surface area contributed by atoms with Gasteiger partial charge in [-0.3, -0.25) is 4.79 Å². The third-order valence-electron chi connectivity index (χ3n) is 3.20. The Kier molecular flexibility index (Phi) is 3.85. The average Bonchev–Trinajstić information content (AvgIpc) is 2.34. The molecule has 0 spiro atoms. The summed E-state index contributed by atoms with van der Waals surface area (Å²) in [5, 5.41) is 0.712. The maximum absolute atomic E-state index is 12.5. The molecule has 0 radical (unpaired) electrons. The van der Waals surface area contributed by atoms with Gasteiger partial charge in [0, 0.05) is 12.0 Å². The summed E-state index contributed by atoms with van der Waals surface area (Å²) in [5.41, 5.74) is 2.87. The summed E-state index contributed by atoms with van der Waals surface area (Å²) in [6.07, 6.45) is 3.62. The molecule has 0 bridgehead atoms. The van der Waals surface area contributed by atoms with E-state index in [9.17, 15) is 4.79 Å². The average molecular weight is 244 g/mol. The molecular formula is C16H20O2. The molecule has 2 aromatic rings. The maximum Gasteiger partial charge on any atom is 0.196 e. The van der Waals surface area contributed by atoms with E-state index in [1.54, 1.807) is 0 Å². The van der Waals surface area contributed by atoms with Crippen molar-refractivity contribution in [3.05, 3.63) is 45.3 Å². The Balaban J connectivity index is 2.72.